The van der Waals surface area contributed by atoms with Gasteiger partial charge in [-0.15, -0.1) is 20.4 Å². The first-order valence-corrected chi connectivity index (χ1v) is 56.7. The first kappa shape index (κ1) is 129. The van der Waals surface area contributed by atoms with Crippen LogP contribution in [-0.2, 0) is 33.9 Å². The van der Waals surface area contributed by atoms with Crippen molar-refractivity contribution in [2.45, 2.75) is 387 Å². The molecule has 0 saturated carbocycles. The van der Waals surface area contributed by atoms with Crippen molar-refractivity contribution >= 4 is 51.6 Å². The Morgan fingerprint density at radius 2 is 0.959 bits per heavy atom. The number of hydrogen-bond acceptors (Lipinski definition) is 24. The molecule has 2 N–H and O–H groups in total. The molecule has 0 bridgehead atoms. The highest BCUT2D eigenvalue weighted by atomic mass is 32.2. The van der Waals surface area contributed by atoms with Gasteiger partial charge in [-0.05, 0) is 237 Å². The minimum atomic E-state index is -2.99. The van der Waals surface area contributed by atoms with Crippen LogP contribution in [0.1, 0.15) is 347 Å². The molecule has 33 nitrogen and oxygen atoms in total. The van der Waals surface area contributed by atoms with Crippen LogP contribution in [0.15, 0.2) is 56.6 Å². The fraction of sp³-hybridized carbons (Fsp3) is 0.857. The van der Waals surface area contributed by atoms with Gasteiger partial charge in [-0.3, -0.25) is 39.0 Å². The van der Waals surface area contributed by atoms with Gasteiger partial charge in [0.25, 0.3) is 0 Å². The van der Waals surface area contributed by atoms with E-state index in [4.69, 9.17) is 9.47 Å². The van der Waals surface area contributed by atoms with Crippen LogP contribution in [0.4, 0.5) is 21.4 Å². The number of hydrogen-bond donors (Lipinski definition) is 2. The van der Waals surface area contributed by atoms with E-state index in [1.165, 1.54) is 31.9 Å². The summed E-state index contributed by atoms with van der Waals surface area (Å²) >= 11 is 0. The summed E-state index contributed by atoms with van der Waals surface area (Å²) in [4.78, 5) is 98.0. The predicted molar refractivity (Wildman–Crippen MR) is 595 cm³/mol. The van der Waals surface area contributed by atoms with E-state index in [2.05, 4.69) is 330 Å². The Morgan fingerprint density at radius 1 is 0.473 bits per heavy atom. The van der Waals surface area contributed by atoms with Gasteiger partial charge in [0.2, 0.25) is 33.7 Å². The number of carbonyl (C=O) groups excluding carboxylic acids is 5. The quantitative estimate of drug-likeness (QED) is 0.181. The first-order valence-electron chi connectivity index (χ1n) is 54.9. The minimum Gasteiger partial charge on any atom is -0.450 e. The molecule has 4 aromatic heterocycles. The Balaban J connectivity index is 0.000000284. The van der Waals surface area contributed by atoms with Crippen molar-refractivity contribution in [3.05, 3.63) is 56.6 Å². The van der Waals surface area contributed by atoms with E-state index in [-0.39, 0.29) is 68.4 Å². The van der Waals surface area contributed by atoms with Crippen LogP contribution in [0.25, 0.3) is 0 Å². The molecule has 0 spiro atoms. The summed E-state index contributed by atoms with van der Waals surface area (Å²) in [5.41, 5.74) is 3.49. The number of anilines is 2. The van der Waals surface area contributed by atoms with Crippen molar-refractivity contribution in [3.8, 4) is 0 Å². The van der Waals surface area contributed by atoms with Gasteiger partial charge in [0, 0.05) is 227 Å². The predicted octanol–water partition coefficient (Wildman–Crippen LogP) is 18.7. The third-order valence-corrected chi connectivity index (χ3v) is 33.0. The maximum Gasteiger partial charge on any atom is 0.409 e. The Hall–Kier alpha value is -7.37. The van der Waals surface area contributed by atoms with Gasteiger partial charge in [0.05, 0.1) is 32.3 Å². The van der Waals surface area contributed by atoms with Gasteiger partial charge in [-0.1, -0.05) is 145 Å². The van der Waals surface area contributed by atoms with Gasteiger partial charge < -0.3 is 58.6 Å². The second-order valence-electron chi connectivity index (χ2n) is 54.3. The summed E-state index contributed by atoms with van der Waals surface area (Å²) in [6, 6.07) is 2.21. The fourth-order valence-electron chi connectivity index (χ4n) is 20.5. The number of piperidine rings is 4. The number of ether oxygens (including phenoxy) is 2. The lowest BCUT2D eigenvalue weighted by atomic mass is 9.67. The highest BCUT2D eigenvalue weighted by Gasteiger charge is 2.45. The number of sulfonamides is 1. The van der Waals surface area contributed by atoms with Crippen LogP contribution < -0.4 is 20.4 Å². The lowest BCUT2D eigenvalue weighted by molar-refractivity contribution is -0.158. The van der Waals surface area contributed by atoms with Crippen molar-refractivity contribution in [3.63, 3.8) is 0 Å². The van der Waals surface area contributed by atoms with E-state index in [0.29, 0.717) is 107 Å². The van der Waals surface area contributed by atoms with Crippen molar-refractivity contribution in [2.24, 2.45) is 73.4 Å². The number of likely N-dealkylation sites (tertiary alicyclic amines) is 5. The van der Waals surface area contributed by atoms with E-state index in [0.717, 1.165) is 181 Å². The maximum absolute atomic E-state index is 11.5. The first-order chi connectivity index (χ1) is 67.0. The molecule has 4 aromatic rings. The largest absolute Gasteiger partial charge is 0.450 e. The molecule has 6 amide bonds. The number of aromatic nitrogens is 11. The zero-order valence-electron chi connectivity index (χ0n) is 99.7. The van der Waals surface area contributed by atoms with Gasteiger partial charge in [0.15, 0.2) is 0 Å². The van der Waals surface area contributed by atoms with Crippen molar-refractivity contribution in [2.75, 3.05) is 173 Å². The number of urea groups is 1. The topological polar surface area (TPSA) is 324 Å². The maximum atomic E-state index is 11.5. The van der Waals surface area contributed by atoms with Crippen LogP contribution in [0.2, 0.25) is 0 Å². The van der Waals surface area contributed by atoms with Crippen molar-refractivity contribution in [1.82, 2.24) is 109 Å². The SMILES string of the molecule is CC(=O)N1CC(C(C)(C)C)C1.CC(=O)N1CCC(C(C)(C)C)C1.CC(C)(C)C1(C)COC1.CC(C)(C)C1CCC(=O)N1.CC(C)(C)N1CCN(c2cnccn2)CC1.CC(C)(C)N1CCN(c2ncncn2)CC1.CC(C)(C)N1CCNC1=O.CC1CC(n2cnnc2)CCN1C(C)(C)C.CC1CN(C(C)(C)C)CCC1n1cnnc1.CC1CN(S(C)(=O)=O)CCC1C(C)(C)C.CCOC(=O)N1CCC(C(C)(C)C)CC1. The lowest BCUT2D eigenvalue weighted by Crippen LogP contribution is -2.53. The van der Waals surface area contributed by atoms with E-state index in [1.54, 1.807) is 43.2 Å². The Labute approximate surface area is 886 Å². The monoisotopic (exact) mass is 2070 g/mol. The molecule has 146 heavy (non-hydrogen) atoms. The molecule has 8 atom stereocenters. The Kier molecular flexibility index (Phi) is 48.9. The van der Waals surface area contributed by atoms with E-state index < -0.39 is 10.0 Å². The number of carbonyl (C=O) groups is 5. The highest BCUT2D eigenvalue weighted by molar-refractivity contribution is 7.88. The molecule has 0 aliphatic carbocycles. The molecule has 838 valence electrons. The van der Waals surface area contributed by atoms with E-state index in [1.807, 2.05) is 78.8 Å². The summed E-state index contributed by atoms with van der Waals surface area (Å²) in [5, 5.41) is 21.3. The average molecular weight is 2070 g/mol. The zero-order valence-corrected chi connectivity index (χ0v) is 101. The summed E-state index contributed by atoms with van der Waals surface area (Å²) in [5.74, 6) is 6.27. The fourth-order valence-corrected chi connectivity index (χ4v) is 21.4. The zero-order chi connectivity index (χ0) is 111. The van der Waals surface area contributed by atoms with Crippen molar-refractivity contribution in [1.29, 1.82) is 0 Å². The van der Waals surface area contributed by atoms with Gasteiger partial charge in [-0.25, -0.2) is 42.2 Å². The molecule has 0 aromatic carbocycles. The third-order valence-electron chi connectivity index (χ3n) is 31.8. The molecule has 8 unspecified atom stereocenters. The normalized spacial score (nSPS) is 23.7. The van der Waals surface area contributed by atoms with Crippen LogP contribution >= 0.6 is 0 Å². The van der Waals surface area contributed by atoms with Gasteiger partial charge >= 0.3 is 12.1 Å². The van der Waals surface area contributed by atoms with E-state index in [9.17, 15) is 32.4 Å². The van der Waals surface area contributed by atoms with E-state index >= 15 is 0 Å². The Bertz CT molecular complexity index is 4470. The molecule has 34 heteroatoms. The highest BCUT2D eigenvalue weighted by Crippen LogP contribution is 2.45. The summed E-state index contributed by atoms with van der Waals surface area (Å²) in [6.07, 6.45) is 26.6. The standard InChI is InChI=1S/2C12H22N4.C12H20N4.C12H23NO2.C11H19N5.C11H23NO2S.C10H19NO.C9H17NO.C8H15NO.C8H16O.C7H14N2O/c1-10-7-16(12(2,3)4)6-5-11(10)15-8-13-14-9-15;1-10-7-11(15-8-13-14-9-15)5-6-16(10)12(2,3)4;1-12(2,3)16-8-6-15(7-9-16)11-10-13-4-5-14-11;1-5-15-11(14)13-8-6-10(7-9-13)12(2,3)4;1-11(2,3)16-6-4-15(5-7-16)10-13-8-12-9-14-10;1-9-8-12(15(5,13)14)7-6-10(9)11(2,3)4;1-8(12)11-6-5-9(7-11)10(2,3)4;1-7(11)10-5-8(6-10)9(2,3)4;1-8(2,3)6-4-5-7(10)9-6;1-7(2,3)8(4)5-9-6-8;1-7(2,3)9-5-4-8-6(9)10/h2*8-11H,5-7H2,1-4H3;4-5,10H,6-9H2,1-3H3;10H,5-9H2,1-4H3;8-9H,4-7H2,1-3H3;9-10H,6-8H2,1-5H3;9H,5-7H2,1-4H3;8H,5-6H2,1-4H3;6H,4-5H2,1-3H3,(H,9,10);5-6H2,1-4H3;4-5H2,1-3H3,(H,8,10). The van der Waals surface area contributed by atoms with Gasteiger partial charge in [0.1, 0.15) is 43.8 Å². The number of amides is 6. The molecular weight excluding hydrogens is 1860 g/mol. The number of nitrogens with one attached hydrogen (secondary N) is 2. The average Bonchev–Trinajstić information content (AvgIpc) is 1.82. The summed E-state index contributed by atoms with van der Waals surface area (Å²) in [6.45, 7) is 111. The molecule has 11 aliphatic heterocycles. The van der Waals surface area contributed by atoms with Gasteiger partial charge in [-0.2, -0.15) is 0 Å². The smallest absolute Gasteiger partial charge is 0.409 e. The third kappa shape index (κ3) is 43.0. The number of rotatable bonds is 6. The second kappa shape index (κ2) is 55.3. The molecule has 15 heterocycles. The van der Waals surface area contributed by atoms with Crippen LogP contribution in [0, 0.1) is 73.4 Å². The number of piperazine rings is 2. The number of nitrogens with zero attached hydrogens (tertiary/aromatic N) is 22. The van der Waals surface area contributed by atoms with Crippen LogP contribution in [-0.4, -0.2) is 340 Å². The summed E-state index contributed by atoms with van der Waals surface area (Å²) < 4.78 is 38.9. The second-order valence-corrected chi connectivity index (χ2v) is 56.3. The molecule has 11 fully saturated rings. The van der Waals surface area contributed by atoms with Crippen LogP contribution in [0.3, 0.4) is 0 Å². The molecule has 11 saturated heterocycles. The van der Waals surface area contributed by atoms with Crippen molar-refractivity contribution < 1.29 is 41.9 Å². The Morgan fingerprint density at radius 3 is 1.30 bits per heavy atom. The molecular formula is C112H210N24O9S. The molecule has 11 aliphatic rings. The molecule has 15 rings (SSSR count). The van der Waals surface area contributed by atoms with Crippen LogP contribution in [0.5, 0.6) is 0 Å². The molecule has 0 radical (unpaired) electrons. The summed E-state index contributed by atoms with van der Waals surface area (Å²) in [7, 11) is -2.99. The lowest BCUT2D eigenvalue weighted by Gasteiger charge is -2.48. The minimum absolute atomic E-state index is 0.0272.